The van der Waals surface area contributed by atoms with E-state index in [-0.39, 0.29) is 35.3 Å². The van der Waals surface area contributed by atoms with E-state index in [1.807, 2.05) is 0 Å². The van der Waals surface area contributed by atoms with E-state index in [1.165, 1.54) is 43.0 Å². The number of amides is 4. The quantitative estimate of drug-likeness (QED) is 0.116. The number of hydrogen-bond donors (Lipinski definition) is 2. The van der Waals surface area contributed by atoms with E-state index < -0.39 is 22.9 Å². The number of hydrogen-bond acceptors (Lipinski definition) is 6. The molecule has 0 aliphatic carbocycles. The summed E-state index contributed by atoms with van der Waals surface area (Å²) in [5.41, 5.74) is 1.52. The number of ketones is 1. The van der Waals surface area contributed by atoms with Gasteiger partial charge in [-0.15, -0.1) is 11.8 Å². The van der Waals surface area contributed by atoms with Crippen LogP contribution in [-0.4, -0.2) is 34.7 Å². The minimum Gasteiger partial charge on any atom is -0.321 e. The maximum atomic E-state index is 14.3. The fourth-order valence-electron chi connectivity index (χ4n) is 4.54. The monoisotopic (exact) mass is 685 g/mol. The average Bonchev–Trinajstić information content (AvgIpc) is 3.29. The van der Waals surface area contributed by atoms with E-state index in [2.05, 4.69) is 26.6 Å². The first kappa shape index (κ1) is 31.6. The van der Waals surface area contributed by atoms with E-state index >= 15 is 0 Å². The van der Waals surface area contributed by atoms with Gasteiger partial charge in [0.2, 0.25) is 11.8 Å². The predicted molar refractivity (Wildman–Crippen MR) is 174 cm³/mol. The molecule has 1 atom stereocenters. The molecule has 5 rings (SSSR count). The number of imide groups is 1. The van der Waals surface area contributed by atoms with Gasteiger partial charge in [-0.3, -0.25) is 24.0 Å². The van der Waals surface area contributed by atoms with Crippen LogP contribution in [0.4, 0.5) is 15.8 Å². The summed E-state index contributed by atoms with van der Waals surface area (Å²) in [6.45, 7) is 1.44. The Hall–Kier alpha value is -4.87. The number of halogens is 2. The van der Waals surface area contributed by atoms with Crippen molar-refractivity contribution < 1.29 is 28.4 Å². The molecule has 0 saturated carbocycles. The van der Waals surface area contributed by atoms with Crippen molar-refractivity contribution in [2.24, 2.45) is 0 Å². The van der Waals surface area contributed by atoms with Crippen molar-refractivity contribution in [1.82, 2.24) is 5.32 Å². The number of Topliss-reactive ketones (excluding diaryl/α,β-unsaturated/α-hetero) is 1. The van der Waals surface area contributed by atoms with Gasteiger partial charge in [-0.05, 0) is 85.3 Å². The van der Waals surface area contributed by atoms with Gasteiger partial charge in [0.1, 0.15) is 11.5 Å². The Kier molecular flexibility index (Phi) is 9.70. The fourth-order valence-corrected chi connectivity index (χ4v) is 5.92. The Labute approximate surface area is 270 Å². The van der Waals surface area contributed by atoms with E-state index in [9.17, 15) is 28.4 Å². The number of thioether (sulfide) groups is 1. The van der Waals surface area contributed by atoms with Crippen LogP contribution in [0.15, 0.2) is 112 Å². The van der Waals surface area contributed by atoms with Gasteiger partial charge in [0, 0.05) is 27.0 Å². The van der Waals surface area contributed by atoms with Gasteiger partial charge in [-0.25, -0.2) is 9.29 Å². The topological polar surface area (TPSA) is 113 Å². The molecule has 0 bridgehead atoms. The smallest absolute Gasteiger partial charge is 0.272 e. The van der Waals surface area contributed by atoms with E-state index in [1.54, 1.807) is 72.8 Å². The number of nitrogens with one attached hydrogen (secondary N) is 2. The first-order valence-corrected chi connectivity index (χ1v) is 15.4. The summed E-state index contributed by atoms with van der Waals surface area (Å²) in [6, 6.07) is 25.5. The molecule has 1 aliphatic heterocycles. The second-order valence-electron chi connectivity index (χ2n) is 10.0. The summed E-state index contributed by atoms with van der Waals surface area (Å²) < 4.78 is 15.1. The van der Waals surface area contributed by atoms with Crippen LogP contribution >= 0.6 is 27.7 Å². The van der Waals surface area contributed by atoms with Gasteiger partial charge in [-0.1, -0.05) is 46.3 Å². The van der Waals surface area contributed by atoms with Crippen molar-refractivity contribution in [3.05, 3.63) is 130 Å². The molecule has 8 nitrogen and oxygen atoms in total. The van der Waals surface area contributed by atoms with Gasteiger partial charge in [0.15, 0.2) is 5.78 Å². The third-order valence-corrected chi connectivity index (χ3v) is 8.51. The molecule has 1 heterocycles. The highest BCUT2D eigenvalue weighted by molar-refractivity contribution is 9.10. The average molecular weight is 687 g/mol. The molecule has 1 saturated heterocycles. The number of nitrogens with zero attached hydrogens (tertiary/aromatic N) is 1. The Morgan fingerprint density at radius 2 is 1.64 bits per heavy atom. The molecule has 226 valence electrons. The lowest BCUT2D eigenvalue weighted by Crippen LogP contribution is -2.31. The van der Waals surface area contributed by atoms with Crippen molar-refractivity contribution in [2.75, 3.05) is 10.2 Å². The molecular weight excluding hydrogens is 661 g/mol. The van der Waals surface area contributed by atoms with Crippen molar-refractivity contribution in [3.63, 3.8) is 0 Å². The van der Waals surface area contributed by atoms with Crippen LogP contribution in [0.1, 0.15) is 39.6 Å². The highest BCUT2D eigenvalue weighted by Crippen LogP contribution is 2.35. The van der Waals surface area contributed by atoms with Gasteiger partial charge >= 0.3 is 0 Å². The summed E-state index contributed by atoms with van der Waals surface area (Å²) >= 11 is 4.55. The first-order chi connectivity index (χ1) is 21.6. The third-order valence-electron chi connectivity index (χ3n) is 6.80. The minimum atomic E-state index is -0.791. The summed E-state index contributed by atoms with van der Waals surface area (Å²) in [5, 5.41) is 4.58. The normalized spacial score (nSPS) is 14.8. The van der Waals surface area contributed by atoms with Crippen LogP contribution in [0.3, 0.4) is 0 Å². The molecule has 4 aromatic rings. The zero-order valence-corrected chi connectivity index (χ0v) is 26.2. The molecule has 4 aromatic carbocycles. The first-order valence-electron chi connectivity index (χ1n) is 13.7. The number of carbonyl (C=O) groups is 5. The Bertz CT molecular complexity index is 1840. The largest absolute Gasteiger partial charge is 0.321 e. The second kappa shape index (κ2) is 13.8. The molecule has 1 unspecified atom stereocenters. The maximum absolute atomic E-state index is 14.3. The molecule has 0 spiro atoms. The summed E-state index contributed by atoms with van der Waals surface area (Å²) in [7, 11) is 0. The van der Waals surface area contributed by atoms with Gasteiger partial charge in [-0.2, -0.15) is 0 Å². The van der Waals surface area contributed by atoms with Gasteiger partial charge < -0.3 is 10.6 Å². The van der Waals surface area contributed by atoms with Crippen LogP contribution in [0.2, 0.25) is 0 Å². The third kappa shape index (κ3) is 7.62. The number of rotatable bonds is 9. The van der Waals surface area contributed by atoms with Gasteiger partial charge in [0.05, 0.1) is 16.5 Å². The lowest BCUT2D eigenvalue weighted by molar-refractivity contribution is -0.121. The Morgan fingerprint density at radius 3 is 2.33 bits per heavy atom. The second-order valence-corrected chi connectivity index (χ2v) is 12.2. The zero-order valence-electron chi connectivity index (χ0n) is 23.8. The van der Waals surface area contributed by atoms with E-state index in [0.29, 0.717) is 27.4 Å². The van der Waals surface area contributed by atoms with Crippen molar-refractivity contribution >= 4 is 74.6 Å². The molecule has 0 radical (unpaired) electrons. The predicted octanol–water partition coefficient (Wildman–Crippen LogP) is 6.62. The van der Waals surface area contributed by atoms with Crippen LogP contribution in [-0.2, 0) is 14.4 Å². The van der Waals surface area contributed by atoms with E-state index in [4.69, 9.17) is 0 Å². The molecule has 45 heavy (non-hydrogen) atoms. The lowest BCUT2D eigenvalue weighted by Gasteiger charge is -2.15. The van der Waals surface area contributed by atoms with Crippen LogP contribution in [0.25, 0.3) is 6.08 Å². The Balaban J connectivity index is 1.32. The van der Waals surface area contributed by atoms with Crippen LogP contribution < -0.4 is 15.5 Å². The molecule has 1 aliphatic rings. The van der Waals surface area contributed by atoms with E-state index in [0.717, 1.165) is 15.4 Å². The molecular formula is C34H25BrFN3O5S. The van der Waals surface area contributed by atoms with Gasteiger partial charge in [0.25, 0.3) is 11.8 Å². The van der Waals surface area contributed by atoms with Crippen LogP contribution in [0.5, 0.6) is 0 Å². The zero-order chi connectivity index (χ0) is 32.1. The molecule has 2 N–H and O–H groups in total. The highest BCUT2D eigenvalue weighted by Gasteiger charge is 2.40. The molecule has 4 amide bonds. The molecule has 0 aromatic heterocycles. The van der Waals surface area contributed by atoms with Crippen molar-refractivity contribution in [3.8, 4) is 0 Å². The molecule has 11 heteroatoms. The maximum Gasteiger partial charge on any atom is 0.272 e. The number of carbonyl (C=O) groups excluding carboxylic acids is 5. The number of benzene rings is 4. The summed E-state index contributed by atoms with van der Waals surface area (Å²) in [5.74, 6) is -3.03. The van der Waals surface area contributed by atoms with Crippen LogP contribution in [0, 0.1) is 5.82 Å². The SMILES string of the molecule is CC(=O)c1ccc(N2C(=O)CC(Sc3cccc(NC(=O)/C(=C/c4ccc(Br)cc4)NC(=O)c4ccccc4F)c3)C2=O)cc1. The minimum absolute atomic E-state index is 0.0172. The fraction of sp³-hybridized carbons (Fsp3) is 0.0882. The lowest BCUT2D eigenvalue weighted by atomic mass is 10.1. The van der Waals surface area contributed by atoms with Crippen molar-refractivity contribution in [2.45, 2.75) is 23.5 Å². The summed E-state index contributed by atoms with van der Waals surface area (Å²) in [4.78, 5) is 65.6. The molecule has 1 fully saturated rings. The summed E-state index contributed by atoms with van der Waals surface area (Å²) in [6.07, 6.45) is 1.45. The highest BCUT2D eigenvalue weighted by atomic mass is 79.9. The van der Waals surface area contributed by atoms with Crippen molar-refractivity contribution in [1.29, 1.82) is 0 Å². The Morgan fingerprint density at radius 1 is 0.933 bits per heavy atom. The standard InChI is InChI=1S/C34H25BrFN3O5S/c1-20(40)22-11-15-25(16-12-22)39-31(41)19-30(34(39)44)45-26-6-4-5-24(18-26)37-33(43)29(17-21-9-13-23(35)14-10-21)38-32(42)27-7-2-3-8-28(27)36/h2-18,30H,19H2,1H3,(H,37,43)(H,38,42)/b29-17-. The number of anilines is 2.